The Morgan fingerprint density at radius 3 is 2.39 bits per heavy atom. The maximum Gasteiger partial charge on any atom is 0.271 e. The van der Waals surface area contributed by atoms with Gasteiger partial charge in [0.25, 0.3) is 5.69 Å². The summed E-state index contributed by atoms with van der Waals surface area (Å²) in [5.74, 6) is -1.05. The van der Waals surface area contributed by atoms with Crippen LogP contribution in [0.25, 0.3) is 0 Å². The molecular weight excluding hydrogens is 508 g/mol. The lowest BCUT2D eigenvalue weighted by atomic mass is 10.1. The summed E-state index contributed by atoms with van der Waals surface area (Å²) in [6, 6.07) is 9.51. The number of carbonyl (C=O) groups excluding carboxylic acids is 2. The highest BCUT2D eigenvalue weighted by molar-refractivity contribution is 7.92. The molecule has 0 aliphatic heterocycles. The summed E-state index contributed by atoms with van der Waals surface area (Å²) < 4.78 is 26.2. The van der Waals surface area contributed by atoms with Gasteiger partial charge in [-0.15, -0.1) is 0 Å². The fraction of sp³-hybridized carbons (Fsp3) is 0.417. The van der Waals surface area contributed by atoms with Crippen molar-refractivity contribution in [3.63, 3.8) is 0 Å². The first-order valence-corrected chi connectivity index (χ1v) is 13.5. The summed E-state index contributed by atoms with van der Waals surface area (Å²) in [6.07, 6.45) is 1.60. The number of benzene rings is 2. The van der Waals surface area contributed by atoms with Crippen LogP contribution in [0.1, 0.15) is 38.3 Å². The standard InChI is InChI=1S/C24H31ClN4O6S/c1-6-17(3)26-24(31)18(4)27(14-19-8-7-9-20(25)12-19)23(30)15-28(36(5,34)35)22-13-21(29(32)33)11-10-16(22)2/h7-13,17-18H,6,14-15H2,1-5H3,(H,26,31). The highest BCUT2D eigenvalue weighted by Gasteiger charge is 2.31. The molecule has 0 aromatic heterocycles. The number of nitro groups is 1. The number of nitro benzene ring substituents is 1. The van der Waals surface area contributed by atoms with Gasteiger partial charge >= 0.3 is 0 Å². The Kier molecular flexibility index (Phi) is 9.83. The topological polar surface area (TPSA) is 130 Å². The third kappa shape index (κ3) is 7.66. The van der Waals surface area contributed by atoms with Crippen LogP contribution in [0.5, 0.6) is 0 Å². The molecule has 2 unspecified atom stereocenters. The SMILES string of the molecule is CCC(C)NC(=O)C(C)N(Cc1cccc(Cl)c1)C(=O)CN(c1cc([N+](=O)[O-])ccc1C)S(C)(=O)=O. The number of amides is 2. The molecule has 0 saturated carbocycles. The smallest absolute Gasteiger partial charge is 0.271 e. The van der Waals surface area contributed by atoms with Gasteiger partial charge in [0.15, 0.2) is 0 Å². The Morgan fingerprint density at radius 2 is 1.83 bits per heavy atom. The molecule has 0 fully saturated rings. The van der Waals surface area contributed by atoms with Crippen molar-refractivity contribution < 1.29 is 22.9 Å². The number of carbonyl (C=O) groups is 2. The van der Waals surface area contributed by atoms with E-state index in [-0.39, 0.29) is 24.0 Å². The van der Waals surface area contributed by atoms with Gasteiger partial charge in [0.2, 0.25) is 21.8 Å². The van der Waals surface area contributed by atoms with Gasteiger partial charge in [0.05, 0.1) is 16.9 Å². The molecule has 0 spiro atoms. The average molecular weight is 539 g/mol. The van der Waals surface area contributed by atoms with E-state index in [1.807, 2.05) is 13.8 Å². The monoisotopic (exact) mass is 538 g/mol. The number of hydrogen-bond donors (Lipinski definition) is 1. The van der Waals surface area contributed by atoms with E-state index in [1.54, 1.807) is 38.1 Å². The van der Waals surface area contributed by atoms with E-state index >= 15 is 0 Å². The molecule has 12 heteroatoms. The molecule has 2 rings (SSSR count). The number of nitrogens with zero attached hydrogens (tertiary/aromatic N) is 3. The lowest BCUT2D eigenvalue weighted by Crippen LogP contribution is -2.52. The van der Waals surface area contributed by atoms with E-state index in [4.69, 9.17) is 11.6 Å². The zero-order chi connectivity index (χ0) is 27.2. The van der Waals surface area contributed by atoms with E-state index in [1.165, 1.54) is 17.0 Å². The Balaban J connectivity index is 2.48. The number of hydrogen-bond acceptors (Lipinski definition) is 6. The molecule has 0 aliphatic rings. The predicted molar refractivity (Wildman–Crippen MR) is 139 cm³/mol. The largest absolute Gasteiger partial charge is 0.352 e. The van der Waals surface area contributed by atoms with Gasteiger partial charge in [-0.3, -0.25) is 24.0 Å². The minimum absolute atomic E-state index is 0.00000740. The number of anilines is 1. The van der Waals surface area contributed by atoms with Crippen molar-refractivity contribution in [2.45, 2.75) is 52.7 Å². The molecule has 10 nitrogen and oxygen atoms in total. The molecule has 0 radical (unpaired) electrons. The average Bonchev–Trinajstić information content (AvgIpc) is 2.80. The van der Waals surface area contributed by atoms with Crippen LogP contribution >= 0.6 is 11.6 Å². The summed E-state index contributed by atoms with van der Waals surface area (Å²) in [4.78, 5) is 38.4. The van der Waals surface area contributed by atoms with Gasteiger partial charge in [-0.25, -0.2) is 8.42 Å². The van der Waals surface area contributed by atoms with Crippen molar-refractivity contribution in [2.24, 2.45) is 0 Å². The minimum atomic E-state index is -4.02. The summed E-state index contributed by atoms with van der Waals surface area (Å²) >= 11 is 6.09. The molecule has 0 aliphatic carbocycles. The normalized spacial score (nSPS) is 12.9. The molecule has 0 heterocycles. The van der Waals surface area contributed by atoms with Crippen LogP contribution in [0.15, 0.2) is 42.5 Å². The van der Waals surface area contributed by atoms with Gasteiger partial charge in [0, 0.05) is 29.7 Å². The first-order chi connectivity index (χ1) is 16.7. The van der Waals surface area contributed by atoms with Gasteiger partial charge in [-0.2, -0.15) is 0 Å². The van der Waals surface area contributed by atoms with Crippen molar-refractivity contribution in [1.82, 2.24) is 10.2 Å². The number of sulfonamides is 1. The Hall–Kier alpha value is -3.18. The highest BCUT2D eigenvalue weighted by Crippen LogP contribution is 2.28. The molecule has 196 valence electrons. The molecule has 1 N–H and O–H groups in total. The van der Waals surface area contributed by atoms with E-state index in [0.29, 0.717) is 22.6 Å². The lowest BCUT2D eigenvalue weighted by molar-refractivity contribution is -0.384. The van der Waals surface area contributed by atoms with Crippen LogP contribution in [-0.4, -0.2) is 54.9 Å². The zero-order valence-electron chi connectivity index (χ0n) is 20.9. The summed E-state index contributed by atoms with van der Waals surface area (Å²) in [7, 11) is -4.02. The molecule has 0 saturated heterocycles. The number of rotatable bonds is 11. The predicted octanol–water partition coefficient (Wildman–Crippen LogP) is 3.65. The summed E-state index contributed by atoms with van der Waals surface area (Å²) in [6.45, 7) is 6.25. The zero-order valence-corrected chi connectivity index (χ0v) is 22.5. The van der Waals surface area contributed by atoms with Crippen LogP contribution in [0.2, 0.25) is 5.02 Å². The first-order valence-electron chi connectivity index (χ1n) is 11.3. The quantitative estimate of drug-likeness (QED) is 0.343. The number of aryl methyl sites for hydroxylation is 1. The third-order valence-corrected chi connectivity index (χ3v) is 7.12. The van der Waals surface area contributed by atoms with Gasteiger partial charge < -0.3 is 10.2 Å². The number of non-ortho nitro benzene ring substituents is 1. The lowest BCUT2D eigenvalue weighted by Gasteiger charge is -2.32. The Bertz CT molecular complexity index is 1240. The second kappa shape index (κ2) is 12.2. The Morgan fingerprint density at radius 1 is 1.17 bits per heavy atom. The third-order valence-electron chi connectivity index (χ3n) is 5.76. The van der Waals surface area contributed by atoms with E-state index in [0.717, 1.165) is 16.6 Å². The van der Waals surface area contributed by atoms with Crippen molar-refractivity contribution in [1.29, 1.82) is 0 Å². The maximum atomic E-state index is 13.6. The fourth-order valence-corrected chi connectivity index (χ4v) is 4.57. The van der Waals surface area contributed by atoms with Gasteiger partial charge in [-0.05, 0) is 50.5 Å². The van der Waals surface area contributed by atoms with E-state index < -0.39 is 39.3 Å². The van der Waals surface area contributed by atoms with Crippen LogP contribution in [-0.2, 0) is 26.2 Å². The highest BCUT2D eigenvalue weighted by atomic mass is 35.5. The number of nitrogens with one attached hydrogen (secondary N) is 1. The molecule has 0 bridgehead atoms. The van der Waals surface area contributed by atoms with Gasteiger partial charge in [-0.1, -0.05) is 36.7 Å². The molecular formula is C24H31ClN4O6S. The second-order valence-corrected chi connectivity index (χ2v) is 11.0. The molecule has 2 aromatic rings. The maximum absolute atomic E-state index is 13.6. The molecule has 2 amide bonds. The summed E-state index contributed by atoms with van der Waals surface area (Å²) in [5, 5.41) is 14.6. The summed E-state index contributed by atoms with van der Waals surface area (Å²) in [5.41, 5.74) is 0.785. The fourth-order valence-electron chi connectivity index (χ4n) is 3.45. The van der Waals surface area contributed by atoms with Crippen LogP contribution < -0.4 is 9.62 Å². The van der Waals surface area contributed by atoms with Crippen LogP contribution in [0.3, 0.4) is 0 Å². The van der Waals surface area contributed by atoms with Crippen LogP contribution in [0.4, 0.5) is 11.4 Å². The minimum Gasteiger partial charge on any atom is -0.352 e. The van der Waals surface area contributed by atoms with E-state index in [2.05, 4.69) is 5.32 Å². The first kappa shape index (κ1) is 29.1. The Labute approximate surface area is 216 Å². The van der Waals surface area contributed by atoms with Crippen molar-refractivity contribution in [3.05, 3.63) is 68.7 Å². The number of halogens is 1. The van der Waals surface area contributed by atoms with Crippen molar-refractivity contribution >= 4 is 44.8 Å². The second-order valence-electron chi connectivity index (χ2n) is 8.64. The van der Waals surface area contributed by atoms with Crippen molar-refractivity contribution in [2.75, 3.05) is 17.1 Å². The van der Waals surface area contributed by atoms with Gasteiger partial charge in [0.1, 0.15) is 12.6 Å². The van der Waals surface area contributed by atoms with Crippen LogP contribution in [0, 0.1) is 17.0 Å². The van der Waals surface area contributed by atoms with Crippen molar-refractivity contribution in [3.8, 4) is 0 Å². The molecule has 2 aromatic carbocycles. The molecule has 2 atom stereocenters. The van der Waals surface area contributed by atoms with E-state index in [9.17, 15) is 28.1 Å². The molecule has 36 heavy (non-hydrogen) atoms.